The Morgan fingerprint density at radius 3 is 1.73 bits per heavy atom. The van der Waals surface area contributed by atoms with Crippen LogP contribution in [0.25, 0.3) is 0 Å². The number of esters is 5. The van der Waals surface area contributed by atoms with Gasteiger partial charge in [-0.1, -0.05) is 0 Å². The van der Waals surface area contributed by atoms with Crippen molar-refractivity contribution in [2.75, 3.05) is 0 Å². The van der Waals surface area contributed by atoms with Crippen LogP contribution in [-0.4, -0.2) is 47.3 Å². The fourth-order valence-corrected chi connectivity index (χ4v) is 4.02. The summed E-state index contributed by atoms with van der Waals surface area (Å²) in [7, 11) is 0. The van der Waals surface area contributed by atoms with Crippen LogP contribution in [-0.2, 0) is 35.1 Å². The molecule has 1 aliphatic heterocycles. The first kappa shape index (κ1) is 30.1. The number of fused-ring (bicyclic) bond motifs is 1. The van der Waals surface area contributed by atoms with Crippen LogP contribution in [0, 0.1) is 0 Å². The van der Waals surface area contributed by atoms with E-state index < -0.39 is 48.3 Å². The number of aliphatic hydroxyl groups is 1. The molecular weight excluding hydrogens is 532 g/mol. The van der Waals surface area contributed by atoms with E-state index in [9.17, 15) is 29.1 Å². The summed E-state index contributed by atoms with van der Waals surface area (Å²) in [6, 6.07) is 5.39. The van der Waals surface area contributed by atoms with Crippen LogP contribution >= 0.6 is 0 Å². The van der Waals surface area contributed by atoms with Crippen molar-refractivity contribution in [1.29, 1.82) is 0 Å². The van der Waals surface area contributed by atoms with Gasteiger partial charge in [0.25, 0.3) is 0 Å². The summed E-state index contributed by atoms with van der Waals surface area (Å²) < 4.78 is 38.1. The predicted octanol–water partition coefficient (Wildman–Crippen LogP) is 2.71. The highest BCUT2D eigenvalue weighted by atomic mass is 16.6. The number of carbonyl (C=O) groups is 5. The molecule has 2 aromatic carbocycles. The minimum Gasteiger partial charge on any atom is -0.482 e. The molecule has 3 rings (SSSR count). The van der Waals surface area contributed by atoms with Gasteiger partial charge >= 0.3 is 29.8 Å². The Bertz CT molecular complexity index is 1310. The van der Waals surface area contributed by atoms with Gasteiger partial charge in [-0.25, -0.2) is 0 Å². The third kappa shape index (κ3) is 7.77. The quantitative estimate of drug-likeness (QED) is 0.284. The van der Waals surface area contributed by atoms with Crippen molar-refractivity contribution < 1.29 is 62.2 Å². The maximum atomic E-state index is 11.9. The van der Waals surface area contributed by atoms with E-state index in [0.717, 1.165) is 20.8 Å². The molecule has 0 saturated carbocycles. The Hall–Kier alpha value is -4.49. The molecule has 1 heterocycles. The molecule has 0 aliphatic carbocycles. The van der Waals surface area contributed by atoms with Crippen LogP contribution in [0.5, 0.6) is 34.5 Å². The summed E-state index contributed by atoms with van der Waals surface area (Å²) in [4.78, 5) is 58.8. The van der Waals surface area contributed by atoms with Crippen molar-refractivity contribution in [3.05, 3.63) is 35.4 Å². The largest absolute Gasteiger partial charge is 0.482 e. The van der Waals surface area contributed by atoms with Gasteiger partial charge in [0.1, 0.15) is 23.4 Å². The van der Waals surface area contributed by atoms with Crippen molar-refractivity contribution in [1.82, 2.24) is 0 Å². The van der Waals surface area contributed by atoms with Crippen LogP contribution in [0.15, 0.2) is 24.3 Å². The lowest BCUT2D eigenvalue weighted by Gasteiger charge is -2.35. The Kier molecular flexibility index (Phi) is 9.45. The maximum Gasteiger partial charge on any atom is 0.308 e. The fourth-order valence-electron chi connectivity index (χ4n) is 4.02. The number of hydrogen-bond donors (Lipinski definition) is 1. The van der Waals surface area contributed by atoms with Crippen molar-refractivity contribution in [2.45, 2.75) is 66.5 Å². The topological polar surface area (TPSA) is 170 Å². The fraction of sp³-hybridized carbons (Fsp3) is 0.370. The highest BCUT2D eigenvalue weighted by Gasteiger charge is 2.37. The summed E-state index contributed by atoms with van der Waals surface area (Å²) >= 11 is 0. The molecule has 13 nitrogen and oxygen atoms in total. The molecule has 1 N–H and O–H groups in total. The molecule has 3 atom stereocenters. The molecule has 0 fully saturated rings. The predicted molar refractivity (Wildman–Crippen MR) is 133 cm³/mol. The lowest BCUT2D eigenvalue weighted by molar-refractivity contribution is -0.156. The van der Waals surface area contributed by atoms with Crippen molar-refractivity contribution in [2.24, 2.45) is 0 Å². The molecule has 2 aromatic rings. The van der Waals surface area contributed by atoms with Gasteiger partial charge in [0.2, 0.25) is 5.75 Å². The number of carbonyl (C=O) groups excluding carboxylic acids is 5. The highest BCUT2D eigenvalue weighted by molar-refractivity contribution is 5.78. The van der Waals surface area contributed by atoms with E-state index in [2.05, 4.69) is 0 Å². The van der Waals surface area contributed by atoms with Crippen LogP contribution in [0.3, 0.4) is 0 Å². The molecule has 214 valence electrons. The Labute approximate surface area is 228 Å². The van der Waals surface area contributed by atoms with E-state index >= 15 is 0 Å². The summed E-state index contributed by atoms with van der Waals surface area (Å²) in [6.07, 6.45) is -3.23. The first-order valence-electron chi connectivity index (χ1n) is 12.0. The summed E-state index contributed by atoms with van der Waals surface area (Å²) in [6.45, 7) is 7.11. The van der Waals surface area contributed by atoms with Gasteiger partial charge in [0.05, 0.1) is 0 Å². The SMILES string of the molecule is CC(=O)Oc1cc(OC(C)=O)c2c(c1)O[C@H](c1cc(OC(C)=O)c(OC(C)=O)c(OC(C)=O)c1)[C@H](OC(C)O)C2. The molecule has 13 heteroatoms. The Balaban J connectivity index is 2.22. The van der Waals surface area contributed by atoms with Gasteiger partial charge in [-0.2, -0.15) is 0 Å². The van der Waals surface area contributed by atoms with Crippen LogP contribution in [0.1, 0.15) is 58.8 Å². The van der Waals surface area contributed by atoms with E-state index in [1.807, 2.05) is 0 Å². The van der Waals surface area contributed by atoms with Gasteiger partial charge in [-0.05, 0) is 19.1 Å². The minimum atomic E-state index is -1.27. The second-order valence-electron chi connectivity index (χ2n) is 8.73. The zero-order chi connectivity index (χ0) is 29.7. The second-order valence-corrected chi connectivity index (χ2v) is 8.73. The molecule has 1 aliphatic rings. The monoisotopic (exact) mass is 560 g/mol. The van der Waals surface area contributed by atoms with Crippen molar-refractivity contribution >= 4 is 29.8 Å². The molecule has 0 bridgehead atoms. The molecule has 40 heavy (non-hydrogen) atoms. The summed E-state index contributed by atoms with van der Waals surface area (Å²) in [5.41, 5.74) is 0.608. The molecule has 1 unspecified atom stereocenters. The van der Waals surface area contributed by atoms with Crippen LogP contribution in [0.2, 0.25) is 0 Å². The van der Waals surface area contributed by atoms with Gasteiger partial charge in [0.15, 0.2) is 23.9 Å². The molecular formula is C27H28O13. The van der Waals surface area contributed by atoms with Crippen molar-refractivity contribution in [3.63, 3.8) is 0 Å². The number of aliphatic hydroxyl groups excluding tert-OH is 1. The molecule has 0 spiro atoms. The Morgan fingerprint density at radius 1 is 0.750 bits per heavy atom. The number of rotatable bonds is 8. The maximum absolute atomic E-state index is 11.9. The standard InChI is InChI=1S/C27H28O13/c1-12(28)34-19-9-21(35-13(2)29)20-11-25(38-16(5)32)26(40-22(20)10-19)18-7-23(36-14(3)30)27(39-17(6)33)24(8-18)37-15(4)31/h7-10,16,25-26,32H,11H2,1-6H3/t16?,25-,26-/m1/s1. The summed E-state index contributed by atoms with van der Waals surface area (Å²) in [5.74, 6) is -4.17. The van der Waals surface area contributed by atoms with Gasteiger partial charge in [-0.3, -0.25) is 24.0 Å². The highest BCUT2D eigenvalue weighted by Crippen LogP contribution is 2.47. The third-order valence-corrected chi connectivity index (χ3v) is 5.15. The smallest absolute Gasteiger partial charge is 0.308 e. The van der Waals surface area contributed by atoms with Crippen LogP contribution in [0.4, 0.5) is 0 Å². The zero-order valence-corrected chi connectivity index (χ0v) is 22.6. The van der Waals surface area contributed by atoms with E-state index in [1.54, 1.807) is 0 Å². The summed E-state index contributed by atoms with van der Waals surface area (Å²) in [5, 5.41) is 10.0. The molecule has 0 aromatic heterocycles. The zero-order valence-electron chi connectivity index (χ0n) is 22.6. The molecule has 0 saturated heterocycles. The van der Waals surface area contributed by atoms with E-state index in [4.69, 9.17) is 33.2 Å². The average Bonchev–Trinajstić information content (AvgIpc) is 2.79. The lowest BCUT2D eigenvalue weighted by Crippen LogP contribution is -2.35. The van der Waals surface area contributed by atoms with Gasteiger partial charge in [-0.15, -0.1) is 0 Å². The number of benzene rings is 2. The lowest BCUT2D eigenvalue weighted by atomic mass is 9.93. The van der Waals surface area contributed by atoms with E-state index in [0.29, 0.717) is 5.56 Å². The minimum absolute atomic E-state index is 0.0301. The van der Waals surface area contributed by atoms with E-state index in [1.165, 1.54) is 45.0 Å². The van der Waals surface area contributed by atoms with E-state index in [-0.39, 0.29) is 46.5 Å². The first-order chi connectivity index (χ1) is 18.7. The van der Waals surface area contributed by atoms with Crippen molar-refractivity contribution in [3.8, 4) is 34.5 Å². The third-order valence-electron chi connectivity index (χ3n) is 5.15. The van der Waals surface area contributed by atoms with Crippen LogP contribution < -0.4 is 28.4 Å². The number of hydrogen-bond acceptors (Lipinski definition) is 13. The number of ether oxygens (including phenoxy) is 7. The molecule has 0 radical (unpaired) electrons. The Morgan fingerprint density at radius 2 is 1.25 bits per heavy atom. The van der Waals surface area contributed by atoms with Gasteiger partial charge < -0.3 is 38.3 Å². The first-order valence-corrected chi connectivity index (χ1v) is 12.0. The average molecular weight is 561 g/mol. The second kappa shape index (κ2) is 12.6. The normalized spacial score (nSPS) is 16.5. The van der Waals surface area contributed by atoms with Gasteiger partial charge in [0, 0.05) is 64.3 Å². The molecule has 0 amide bonds.